The molecule has 3 nitrogen and oxygen atoms in total. The second kappa shape index (κ2) is 11.8. The molecule has 0 amide bonds. The third-order valence-corrected chi connectivity index (χ3v) is 0.957. The second-order valence-corrected chi connectivity index (χ2v) is 2.75. The van der Waals surface area contributed by atoms with Crippen molar-refractivity contribution < 1.29 is 14.4 Å². The molecule has 0 bridgehead atoms. The number of hydrogen-bond acceptors (Lipinski definition) is 3. The Bertz CT molecular complexity index is 43.5. The normalized spacial score (nSPS) is 9.00. The second-order valence-electron chi connectivity index (χ2n) is 2.05. The SMILES string of the molecule is CCCCCC.O[SiH](O)O. The van der Waals surface area contributed by atoms with Crippen LogP contribution in [0.25, 0.3) is 0 Å². The predicted molar refractivity (Wildman–Crippen MR) is 43.6 cm³/mol. The maximum atomic E-state index is 7.31. The molecule has 0 aliphatic carbocycles. The van der Waals surface area contributed by atoms with Gasteiger partial charge in [0.2, 0.25) is 0 Å². The van der Waals surface area contributed by atoms with E-state index in [2.05, 4.69) is 13.8 Å². The Morgan fingerprint density at radius 3 is 1.20 bits per heavy atom. The summed E-state index contributed by atoms with van der Waals surface area (Å²) in [6.45, 7) is 4.46. The molecular weight excluding hydrogens is 148 g/mol. The Morgan fingerprint density at radius 2 is 1.10 bits per heavy atom. The van der Waals surface area contributed by atoms with E-state index in [0.29, 0.717) is 0 Å². The summed E-state index contributed by atoms with van der Waals surface area (Å²) in [7, 11) is -3.14. The minimum atomic E-state index is -3.14. The fourth-order valence-electron chi connectivity index (χ4n) is 0.500. The lowest BCUT2D eigenvalue weighted by molar-refractivity contribution is 0.278. The Morgan fingerprint density at radius 1 is 0.900 bits per heavy atom. The van der Waals surface area contributed by atoms with Crippen LogP contribution in [0, 0.1) is 0 Å². The summed E-state index contributed by atoms with van der Waals surface area (Å²) >= 11 is 0. The summed E-state index contributed by atoms with van der Waals surface area (Å²) in [6, 6.07) is 0. The standard InChI is InChI=1S/C6H14.H4O3Si/c1-3-5-6-4-2;1-4(2)3/h3-6H2,1-2H3;1-4H. The van der Waals surface area contributed by atoms with Crippen molar-refractivity contribution in [3.8, 4) is 0 Å². The Labute approximate surface area is 64.3 Å². The average Bonchev–Trinajstić information content (AvgIpc) is 1.82. The highest BCUT2D eigenvalue weighted by Crippen LogP contribution is 1.95. The largest absolute Gasteiger partial charge is 0.475 e. The van der Waals surface area contributed by atoms with Gasteiger partial charge in [-0.05, 0) is 0 Å². The van der Waals surface area contributed by atoms with E-state index in [1.54, 1.807) is 0 Å². The molecule has 0 saturated heterocycles. The summed E-state index contributed by atoms with van der Waals surface area (Å²) < 4.78 is 0. The molecule has 0 spiro atoms. The van der Waals surface area contributed by atoms with E-state index >= 15 is 0 Å². The van der Waals surface area contributed by atoms with Crippen LogP contribution in [0.5, 0.6) is 0 Å². The topological polar surface area (TPSA) is 60.7 Å². The highest BCUT2D eigenvalue weighted by atomic mass is 28.3. The molecule has 10 heavy (non-hydrogen) atoms. The minimum Gasteiger partial charge on any atom is -0.392 e. The maximum Gasteiger partial charge on any atom is 0.475 e. The quantitative estimate of drug-likeness (QED) is 0.416. The molecule has 0 heterocycles. The van der Waals surface area contributed by atoms with Gasteiger partial charge >= 0.3 is 9.53 Å². The molecular formula is C6H18O3Si. The third-order valence-electron chi connectivity index (χ3n) is 0.957. The summed E-state index contributed by atoms with van der Waals surface area (Å²) in [5.41, 5.74) is 0. The first-order valence-corrected chi connectivity index (χ1v) is 5.24. The predicted octanol–water partition coefficient (Wildman–Crippen LogP) is 0.267. The molecule has 0 aliphatic heterocycles. The van der Waals surface area contributed by atoms with E-state index in [9.17, 15) is 0 Å². The number of hydrogen-bond donors (Lipinski definition) is 3. The highest BCUT2D eigenvalue weighted by molar-refractivity contribution is 6.30. The van der Waals surface area contributed by atoms with Gasteiger partial charge in [0.05, 0.1) is 0 Å². The molecule has 64 valence electrons. The smallest absolute Gasteiger partial charge is 0.392 e. The van der Waals surface area contributed by atoms with E-state index in [-0.39, 0.29) is 0 Å². The first-order chi connectivity index (χ1) is 4.65. The molecule has 0 fully saturated rings. The summed E-state index contributed by atoms with van der Waals surface area (Å²) in [5.74, 6) is 0. The highest BCUT2D eigenvalue weighted by Gasteiger charge is 1.83. The van der Waals surface area contributed by atoms with Crippen LogP contribution in [0.2, 0.25) is 0 Å². The zero-order valence-corrected chi connectivity index (χ0v) is 7.90. The fraction of sp³-hybridized carbons (Fsp3) is 1.00. The Balaban J connectivity index is 0. The van der Waals surface area contributed by atoms with Gasteiger partial charge in [-0.15, -0.1) is 0 Å². The average molecular weight is 166 g/mol. The third kappa shape index (κ3) is 42.5. The van der Waals surface area contributed by atoms with Gasteiger partial charge in [0.1, 0.15) is 0 Å². The van der Waals surface area contributed by atoms with Crippen molar-refractivity contribution >= 4 is 9.53 Å². The number of rotatable bonds is 3. The summed E-state index contributed by atoms with van der Waals surface area (Å²) in [4.78, 5) is 21.9. The summed E-state index contributed by atoms with van der Waals surface area (Å²) in [6.07, 6.45) is 5.54. The van der Waals surface area contributed by atoms with Crippen molar-refractivity contribution in [1.29, 1.82) is 0 Å². The molecule has 0 saturated carbocycles. The van der Waals surface area contributed by atoms with E-state index < -0.39 is 9.53 Å². The zero-order valence-electron chi connectivity index (χ0n) is 6.75. The molecule has 4 heteroatoms. The fourth-order valence-corrected chi connectivity index (χ4v) is 0.500. The van der Waals surface area contributed by atoms with Gasteiger partial charge in [0, 0.05) is 0 Å². The Hall–Kier alpha value is 0.0969. The molecule has 0 aromatic rings. The van der Waals surface area contributed by atoms with Crippen molar-refractivity contribution in [2.75, 3.05) is 0 Å². The van der Waals surface area contributed by atoms with Gasteiger partial charge in [-0.2, -0.15) is 0 Å². The molecule has 0 radical (unpaired) electrons. The van der Waals surface area contributed by atoms with Crippen molar-refractivity contribution in [1.82, 2.24) is 0 Å². The van der Waals surface area contributed by atoms with Crippen molar-refractivity contribution in [2.24, 2.45) is 0 Å². The first-order valence-electron chi connectivity index (χ1n) is 3.69. The zero-order chi connectivity index (χ0) is 8.41. The van der Waals surface area contributed by atoms with Gasteiger partial charge in [-0.25, -0.2) is 0 Å². The minimum absolute atomic E-state index is 1.36. The lowest BCUT2D eigenvalue weighted by atomic mass is 10.2. The molecule has 3 N–H and O–H groups in total. The molecule has 0 unspecified atom stereocenters. The van der Waals surface area contributed by atoms with Crippen LogP contribution in [0.4, 0.5) is 0 Å². The van der Waals surface area contributed by atoms with Crippen LogP contribution >= 0.6 is 0 Å². The lowest BCUT2D eigenvalue weighted by Gasteiger charge is -1.86. The first kappa shape index (κ1) is 12.7. The molecule has 0 aromatic heterocycles. The lowest BCUT2D eigenvalue weighted by Crippen LogP contribution is -2.07. The number of unbranched alkanes of at least 4 members (excludes halogenated alkanes) is 3. The van der Waals surface area contributed by atoms with Crippen LogP contribution in [-0.4, -0.2) is 23.9 Å². The van der Waals surface area contributed by atoms with Crippen molar-refractivity contribution in [3.05, 3.63) is 0 Å². The van der Waals surface area contributed by atoms with Crippen molar-refractivity contribution in [2.45, 2.75) is 39.5 Å². The monoisotopic (exact) mass is 166 g/mol. The molecule has 0 aromatic carbocycles. The van der Waals surface area contributed by atoms with E-state index in [0.717, 1.165) is 0 Å². The van der Waals surface area contributed by atoms with Gasteiger partial charge in [-0.1, -0.05) is 39.5 Å². The molecule has 0 aliphatic rings. The molecule has 0 rings (SSSR count). The van der Waals surface area contributed by atoms with E-state index in [1.165, 1.54) is 25.7 Å². The van der Waals surface area contributed by atoms with Gasteiger partial charge in [0.15, 0.2) is 0 Å². The van der Waals surface area contributed by atoms with Crippen LogP contribution in [0.3, 0.4) is 0 Å². The van der Waals surface area contributed by atoms with Gasteiger partial charge in [-0.3, -0.25) is 0 Å². The van der Waals surface area contributed by atoms with Crippen LogP contribution in [-0.2, 0) is 0 Å². The maximum absolute atomic E-state index is 7.31. The van der Waals surface area contributed by atoms with E-state index in [4.69, 9.17) is 14.4 Å². The van der Waals surface area contributed by atoms with Gasteiger partial charge in [0.25, 0.3) is 0 Å². The van der Waals surface area contributed by atoms with E-state index in [1.807, 2.05) is 0 Å². The van der Waals surface area contributed by atoms with Crippen molar-refractivity contribution in [3.63, 3.8) is 0 Å². The molecule has 0 atom stereocenters. The van der Waals surface area contributed by atoms with Crippen LogP contribution in [0.15, 0.2) is 0 Å². The van der Waals surface area contributed by atoms with Gasteiger partial charge < -0.3 is 14.4 Å². The van der Waals surface area contributed by atoms with Crippen LogP contribution in [0.1, 0.15) is 39.5 Å². The Kier molecular flexibility index (Phi) is 15.1. The van der Waals surface area contributed by atoms with Crippen LogP contribution < -0.4 is 0 Å². The summed E-state index contributed by atoms with van der Waals surface area (Å²) in [5, 5.41) is 0.